The Kier molecular flexibility index (Phi) is 19.8. The molecule has 3 atom stereocenters. The summed E-state index contributed by atoms with van der Waals surface area (Å²) in [5, 5.41) is 18.2. The zero-order valence-corrected chi connectivity index (χ0v) is 29.2. The predicted octanol–water partition coefficient (Wildman–Crippen LogP) is 2.69. The molecule has 0 heterocycles. The smallest absolute Gasteiger partial charge is 0.329 e. The molecule has 8 N–H and O–H groups in total. The fourth-order valence-corrected chi connectivity index (χ4v) is 5.02. The van der Waals surface area contributed by atoms with Crippen molar-refractivity contribution in [1.29, 1.82) is 0 Å². The summed E-state index contributed by atoms with van der Waals surface area (Å²) >= 11 is 0. The van der Waals surface area contributed by atoms with Crippen LogP contribution in [0.2, 0.25) is 0 Å². The zero-order chi connectivity index (χ0) is 34.7. The van der Waals surface area contributed by atoms with Gasteiger partial charge in [-0.15, -0.1) is 0 Å². The molecule has 0 saturated heterocycles. The number of rotatable bonds is 28. The summed E-state index contributed by atoms with van der Waals surface area (Å²) in [6.45, 7) is 11.5. The Morgan fingerprint density at radius 2 is 1.26 bits per heavy atom. The van der Waals surface area contributed by atoms with E-state index in [9.17, 15) is 19.5 Å². The second kappa shape index (κ2) is 21.4. The zero-order valence-electron chi connectivity index (χ0n) is 28.3. The number of hydrogen-bond acceptors (Lipinski definition) is 12. The number of aliphatic hydroxyl groups is 2. The van der Waals surface area contributed by atoms with Crippen molar-refractivity contribution in [3.8, 4) is 17.2 Å². The lowest BCUT2D eigenvalue weighted by Crippen LogP contribution is -2.42. The van der Waals surface area contributed by atoms with Crippen molar-refractivity contribution in [2.24, 2.45) is 11.5 Å². The Morgan fingerprint density at radius 3 is 1.83 bits per heavy atom. The number of aliphatic hydroxyl groups excluding tert-OH is 2. The van der Waals surface area contributed by atoms with Crippen molar-refractivity contribution in [1.82, 2.24) is 0 Å². The molecule has 0 radical (unpaired) electrons. The highest BCUT2D eigenvalue weighted by Crippen LogP contribution is 2.45. The molecule has 0 saturated carbocycles. The summed E-state index contributed by atoms with van der Waals surface area (Å²) in [5.41, 5.74) is 10.5. The van der Waals surface area contributed by atoms with Gasteiger partial charge in [0, 0.05) is 12.8 Å². The lowest BCUT2D eigenvalue weighted by molar-refractivity contribution is -0.101. The van der Waals surface area contributed by atoms with E-state index in [1.807, 2.05) is 27.7 Å². The second-order valence-corrected chi connectivity index (χ2v) is 13.5. The Morgan fingerprint density at radius 1 is 0.717 bits per heavy atom. The number of benzene rings is 1. The van der Waals surface area contributed by atoms with Gasteiger partial charge >= 0.3 is 7.60 Å². The number of hydrogen-bond donors (Lipinski definition) is 6. The van der Waals surface area contributed by atoms with Gasteiger partial charge in [0.1, 0.15) is 12.3 Å². The van der Waals surface area contributed by atoms with Crippen molar-refractivity contribution in [2.75, 3.05) is 72.6 Å². The highest BCUT2D eigenvalue weighted by Gasteiger charge is 2.27. The van der Waals surface area contributed by atoms with E-state index < -0.39 is 25.1 Å². The molecular weight excluding hydrogens is 623 g/mol. The van der Waals surface area contributed by atoms with Crippen LogP contribution in [-0.4, -0.2) is 110 Å². The van der Waals surface area contributed by atoms with Gasteiger partial charge in [0.05, 0.1) is 76.8 Å². The molecule has 1 rings (SSSR count). The summed E-state index contributed by atoms with van der Waals surface area (Å²) in [5.74, 6) is 0.658. The van der Waals surface area contributed by atoms with Crippen molar-refractivity contribution in [3.63, 3.8) is 0 Å². The molecule has 14 nitrogen and oxygen atoms in total. The Balaban J connectivity index is 3.13. The van der Waals surface area contributed by atoms with Crippen LogP contribution >= 0.6 is 7.60 Å². The molecule has 1 aromatic rings. The summed E-state index contributed by atoms with van der Waals surface area (Å²) in [6, 6.07) is 3.01. The second-order valence-electron chi connectivity index (χ2n) is 11.9. The van der Waals surface area contributed by atoms with Gasteiger partial charge in [-0.05, 0) is 64.3 Å². The summed E-state index contributed by atoms with van der Waals surface area (Å²) in [4.78, 5) is 19.3. The maximum atomic E-state index is 11.9. The predicted molar refractivity (Wildman–Crippen MR) is 174 cm³/mol. The van der Waals surface area contributed by atoms with Crippen molar-refractivity contribution in [3.05, 3.63) is 17.7 Å². The fourth-order valence-electron chi connectivity index (χ4n) is 4.36. The summed E-state index contributed by atoms with van der Waals surface area (Å²) in [6.07, 6.45) is 2.44. The quantitative estimate of drug-likeness (QED) is 0.0426. The van der Waals surface area contributed by atoms with Crippen LogP contribution in [0.15, 0.2) is 12.1 Å². The molecular formula is C31H59N2O12P. The SMILES string of the molecule is CCC(C)(CCN)OCCOC(C)(N)CCOc1c(OCCOCCO)cc(CP(=O)(O)O)cc1OCCC(C)(CC)OCCO. The molecule has 0 aliphatic rings. The third kappa shape index (κ3) is 17.6. The van der Waals surface area contributed by atoms with E-state index in [1.54, 1.807) is 6.92 Å². The minimum Gasteiger partial charge on any atom is -0.489 e. The van der Waals surface area contributed by atoms with Gasteiger partial charge in [0.25, 0.3) is 0 Å². The van der Waals surface area contributed by atoms with Crippen LogP contribution in [0.1, 0.15) is 72.3 Å². The largest absolute Gasteiger partial charge is 0.489 e. The number of nitrogens with two attached hydrogens (primary N) is 2. The first-order valence-corrected chi connectivity index (χ1v) is 17.8. The molecule has 3 unspecified atom stereocenters. The molecule has 46 heavy (non-hydrogen) atoms. The van der Waals surface area contributed by atoms with E-state index in [2.05, 4.69) is 0 Å². The van der Waals surface area contributed by atoms with Crippen LogP contribution < -0.4 is 25.7 Å². The lowest BCUT2D eigenvalue weighted by Gasteiger charge is -2.30. The lowest BCUT2D eigenvalue weighted by atomic mass is 9.99. The fraction of sp³-hybridized carbons (Fsp3) is 0.806. The normalized spacial score (nSPS) is 16.0. The van der Waals surface area contributed by atoms with E-state index in [1.165, 1.54) is 12.1 Å². The van der Waals surface area contributed by atoms with Crippen LogP contribution in [0.3, 0.4) is 0 Å². The third-order valence-electron chi connectivity index (χ3n) is 7.60. The first-order valence-electron chi connectivity index (χ1n) is 16.0. The average molecular weight is 683 g/mol. The average Bonchev–Trinajstić information content (AvgIpc) is 2.98. The van der Waals surface area contributed by atoms with E-state index >= 15 is 0 Å². The van der Waals surface area contributed by atoms with Gasteiger partial charge in [0.15, 0.2) is 11.5 Å². The van der Waals surface area contributed by atoms with Crippen LogP contribution in [0.25, 0.3) is 0 Å². The monoisotopic (exact) mass is 682 g/mol. The molecule has 0 fully saturated rings. The van der Waals surface area contributed by atoms with E-state index in [-0.39, 0.29) is 94.3 Å². The topological polar surface area (TPSA) is 215 Å². The highest BCUT2D eigenvalue weighted by atomic mass is 31.2. The molecule has 270 valence electrons. The molecule has 1 aromatic carbocycles. The molecule has 0 aliphatic carbocycles. The van der Waals surface area contributed by atoms with Crippen molar-refractivity contribution in [2.45, 2.75) is 89.8 Å². The Bertz CT molecular complexity index is 1030. The Labute approximate surface area is 274 Å². The minimum atomic E-state index is -4.42. The van der Waals surface area contributed by atoms with Gasteiger partial charge in [0.2, 0.25) is 5.75 Å². The van der Waals surface area contributed by atoms with Gasteiger partial charge in [-0.25, -0.2) is 0 Å². The highest BCUT2D eigenvalue weighted by molar-refractivity contribution is 7.50. The molecule has 0 spiro atoms. The van der Waals surface area contributed by atoms with Crippen molar-refractivity contribution >= 4 is 7.60 Å². The standard InChI is InChI=1S/C31H59N2O12P/c1-6-29(3,8-11-32)44-20-21-45-31(5,33)10-15-42-28-26(40-14-9-30(4,7-2)43-17-13-35)22-25(24-46(36,37)38)23-27(28)41-19-18-39-16-12-34/h22-23,34-35H,6-21,24,32-33H2,1-5H3,(H2,36,37,38). The van der Waals surface area contributed by atoms with Crippen LogP contribution in [0, 0.1) is 0 Å². The van der Waals surface area contributed by atoms with Gasteiger partial charge in [-0.2, -0.15) is 0 Å². The minimum absolute atomic E-state index is 0.0800. The first-order chi connectivity index (χ1) is 21.7. The van der Waals surface area contributed by atoms with Crippen molar-refractivity contribution < 1.29 is 57.7 Å². The van der Waals surface area contributed by atoms with Gasteiger partial charge in [-0.3, -0.25) is 4.57 Å². The van der Waals surface area contributed by atoms with Crippen LogP contribution in [-0.2, 0) is 29.7 Å². The molecule has 0 aromatic heterocycles. The van der Waals surface area contributed by atoms with E-state index in [0.717, 1.165) is 12.8 Å². The van der Waals surface area contributed by atoms with Crippen LogP contribution in [0.4, 0.5) is 0 Å². The molecule has 0 bridgehead atoms. The number of ether oxygens (including phenoxy) is 7. The maximum Gasteiger partial charge on any atom is 0.329 e. The summed E-state index contributed by atoms with van der Waals surface area (Å²) in [7, 11) is -4.42. The molecule has 15 heteroatoms. The van der Waals surface area contributed by atoms with E-state index in [0.29, 0.717) is 26.0 Å². The summed E-state index contributed by atoms with van der Waals surface area (Å²) < 4.78 is 53.1. The van der Waals surface area contributed by atoms with Gasteiger partial charge < -0.3 is 64.6 Å². The van der Waals surface area contributed by atoms with Gasteiger partial charge in [-0.1, -0.05) is 13.8 Å². The third-order valence-corrected chi connectivity index (χ3v) is 8.38. The maximum absolute atomic E-state index is 11.9. The Hall–Kier alpha value is -1.55. The van der Waals surface area contributed by atoms with E-state index in [4.69, 9.17) is 49.7 Å². The van der Waals surface area contributed by atoms with Crippen LogP contribution in [0.5, 0.6) is 17.2 Å². The molecule has 0 amide bonds. The first kappa shape index (κ1) is 42.5. The molecule has 0 aliphatic heterocycles.